The summed E-state index contributed by atoms with van der Waals surface area (Å²) in [6.07, 6.45) is 0.805. The number of esters is 1. The van der Waals surface area contributed by atoms with Gasteiger partial charge in [0.2, 0.25) is 0 Å². The Morgan fingerprint density at radius 3 is 2.73 bits per heavy atom. The van der Waals surface area contributed by atoms with Crippen molar-refractivity contribution in [3.63, 3.8) is 0 Å². The second-order valence-corrected chi connectivity index (χ2v) is 6.70. The molecule has 3 rings (SSSR count). The van der Waals surface area contributed by atoms with E-state index in [1.165, 1.54) is 12.5 Å². The van der Waals surface area contributed by atoms with Gasteiger partial charge in [0.1, 0.15) is 5.75 Å². The lowest BCUT2D eigenvalue weighted by atomic mass is 10.1. The highest BCUT2D eigenvalue weighted by Gasteiger charge is 2.12. The summed E-state index contributed by atoms with van der Waals surface area (Å²) in [5, 5.41) is 5.56. The van der Waals surface area contributed by atoms with Crippen LogP contribution in [0, 0.1) is 0 Å². The van der Waals surface area contributed by atoms with Gasteiger partial charge in [0.05, 0.1) is 19.3 Å². The van der Waals surface area contributed by atoms with Crippen molar-refractivity contribution in [3.8, 4) is 5.75 Å². The van der Waals surface area contributed by atoms with Crippen molar-refractivity contribution in [1.82, 2.24) is 0 Å². The van der Waals surface area contributed by atoms with Gasteiger partial charge >= 0.3 is 5.97 Å². The van der Waals surface area contributed by atoms with Gasteiger partial charge in [-0.15, -0.1) is 0 Å². The Labute approximate surface area is 161 Å². The molecule has 1 N–H and O–H groups in total. The summed E-state index contributed by atoms with van der Waals surface area (Å²) in [6.45, 7) is 1.28. The summed E-state index contributed by atoms with van der Waals surface area (Å²) >= 11 is 3.38. The number of hydrogen-bond donors (Lipinski definition) is 1. The lowest BCUT2D eigenvalue weighted by molar-refractivity contribution is 0.0601. The summed E-state index contributed by atoms with van der Waals surface area (Å²) in [7, 11) is 1.38. The molecule has 4 nitrogen and oxygen atoms in total. The Morgan fingerprint density at radius 1 is 1.08 bits per heavy atom. The molecule has 0 aliphatic heterocycles. The number of nitrogens with one attached hydrogen (secondary N) is 1. The van der Waals surface area contributed by atoms with Crippen LogP contribution in [0.5, 0.6) is 5.75 Å². The molecule has 0 bridgehead atoms. The van der Waals surface area contributed by atoms with Gasteiger partial charge in [0.15, 0.2) is 0 Å². The molecule has 0 saturated heterocycles. The fourth-order valence-corrected chi connectivity index (χ4v) is 3.11. The van der Waals surface area contributed by atoms with E-state index < -0.39 is 0 Å². The van der Waals surface area contributed by atoms with Crippen LogP contribution in [0.1, 0.15) is 16.8 Å². The summed E-state index contributed by atoms with van der Waals surface area (Å²) in [6, 6.07) is 19.7. The molecule has 5 heteroatoms. The third-order valence-electron chi connectivity index (χ3n) is 4.03. The largest absolute Gasteiger partial charge is 0.493 e. The maximum atomic E-state index is 11.9. The lowest BCUT2D eigenvalue weighted by Crippen LogP contribution is -2.11. The first-order valence-corrected chi connectivity index (χ1v) is 9.20. The third kappa shape index (κ3) is 4.35. The number of ether oxygens (including phenoxy) is 2. The molecule has 0 saturated carbocycles. The Bertz CT molecular complexity index is 905. The number of anilines is 1. The molecule has 134 valence electrons. The van der Waals surface area contributed by atoms with Gasteiger partial charge in [-0.3, -0.25) is 0 Å². The van der Waals surface area contributed by atoms with Crippen molar-refractivity contribution in [2.45, 2.75) is 6.42 Å². The highest BCUT2D eigenvalue weighted by atomic mass is 79.9. The molecule has 0 aliphatic rings. The van der Waals surface area contributed by atoms with Crippen LogP contribution in [0.2, 0.25) is 0 Å². The summed E-state index contributed by atoms with van der Waals surface area (Å²) in [4.78, 5) is 11.9. The first-order chi connectivity index (χ1) is 12.7. The summed E-state index contributed by atoms with van der Waals surface area (Å²) in [5.74, 6) is 0.530. The van der Waals surface area contributed by atoms with Crippen LogP contribution in [0.25, 0.3) is 10.8 Å². The van der Waals surface area contributed by atoms with E-state index in [1.54, 1.807) is 6.07 Å². The quantitative estimate of drug-likeness (QED) is 0.423. The number of fused-ring (bicyclic) bond motifs is 1. The summed E-state index contributed by atoms with van der Waals surface area (Å²) < 4.78 is 11.6. The van der Waals surface area contributed by atoms with E-state index in [4.69, 9.17) is 9.47 Å². The number of halogens is 1. The zero-order valence-corrected chi connectivity index (χ0v) is 16.1. The first kappa shape index (κ1) is 18.3. The van der Waals surface area contributed by atoms with Crippen LogP contribution >= 0.6 is 15.9 Å². The van der Waals surface area contributed by atoms with Crippen LogP contribution < -0.4 is 10.1 Å². The molecular formula is C21H20BrNO3. The van der Waals surface area contributed by atoms with Crippen LogP contribution in [-0.4, -0.2) is 26.2 Å². The topological polar surface area (TPSA) is 47.6 Å². The van der Waals surface area contributed by atoms with E-state index >= 15 is 0 Å². The fourth-order valence-electron chi connectivity index (χ4n) is 2.75. The lowest BCUT2D eigenvalue weighted by Gasteiger charge is -2.12. The van der Waals surface area contributed by atoms with Gasteiger partial charge in [0.25, 0.3) is 0 Å². The molecule has 0 amide bonds. The molecular weight excluding hydrogens is 394 g/mol. The molecule has 0 spiro atoms. The molecule has 0 fully saturated rings. The predicted molar refractivity (Wildman–Crippen MR) is 108 cm³/mol. The first-order valence-electron chi connectivity index (χ1n) is 8.41. The van der Waals surface area contributed by atoms with E-state index in [2.05, 4.69) is 39.4 Å². The molecule has 0 aromatic heterocycles. The normalized spacial score (nSPS) is 10.5. The number of hydrogen-bond acceptors (Lipinski definition) is 4. The average molecular weight is 414 g/mol. The van der Waals surface area contributed by atoms with E-state index in [0.717, 1.165) is 27.7 Å². The fraction of sp³-hybridized carbons (Fsp3) is 0.190. The number of carbonyl (C=O) groups excluding carboxylic acids is 1. The van der Waals surface area contributed by atoms with Gasteiger partial charge in [-0.2, -0.15) is 0 Å². The van der Waals surface area contributed by atoms with Crippen molar-refractivity contribution in [2.75, 3.05) is 25.6 Å². The molecule has 3 aromatic rings. The van der Waals surface area contributed by atoms with E-state index in [0.29, 0.717) is 18.7 Å². The van der Waals surface area contributed by atoms with Crippen molar-refractivity contribution in [1.29, 1.82) is 0 Å². The predicted octanol–water partition coefficient (Wildman–Crippen LogP) is 5.27. The Balaban J connectivity index is 1.56. The SMILES string of the molecule is COC(=O)c1cc(Br)ccc1NCCCOc1cccc2ccccc12. The van der Waals surface area contributed by atoms with Gasteiger partial charge < -0.3 is 14.8 Å². The second kappa shape index (κ2) is 8.72. The minimum absolute atomic E-state index is 0.360. The molecule has 0 atom stereocenters. The molecule has 0 aliphatic carbocycles. The second-order valence-electron chi connectivity index (χ2n) is 5.79. The van der Waals surface area contributed by atoms with Gasteiger partial charge in [-0.05, 0) is 36.1 Å². The molecule has 0 radical (unpaired) electrons. The maximum absolute atomic E-state index is 11.9. The molecule has 0 unspecified atom stereocenters. The van der Waals surface area contributed by atoms with Crippen LogP contribution in [-0.2, 0) is 4.74 Å². The van der Waals surface area contributed by atoms with E-state index in [9.17, 15) is 4.79 Å². The summed E-state index contributed by atoms with van der Waals surface area (Å²) in [5.41, 5.74) is 1.27. The molecule has 26 heavy (non-hydrogen) atoms. The van der Waals surface area contributed by atoms with Crippen LogP contribution in [0.15, 0.2) is 65.1 Å². The van der Waals surface area contributed by atoms with Crippen LogP contribution in [0.4, 0.5) is 5.69 Å². The Morgan fingerprint density at radius 2 is 1.88 bits per heavy atom. The van der Waals surface area contributed by atoms with Crippen molar-refractivity contribution >= 4 is 38.4 Å². The van der Waals surface area contributed by atoms with Crippen molar-refractivity contribution in [2.24, 2.45) is 0 Å². The highest BCUT2D eigenvalue weighted by Crippen LogP contribution is 2.25. The van der Waals surface area contributed by atoms with Crippen molar-refractivity contribution in [3.05, 3.63) is 70.7 Å². The smallest absolute Gasteiger partial charge is 0.340 e. The van der Waals surface area contributed by atoms with Crippen LogP contribution in [0.3, 0.4) is 0 Å². The molecule has 3 aromatic carbocycles. The Kier molecular flexibility index (Phi) is 6.12. The van der Waals surface area contributed by atoms with Gasteiger partial charge in [-0.1, -0.05) is 52.3 Å². The zero-order chi connectivity index (χ0) is 18.4. The monoisotopic (exact) mass is 413 g/mol. The number of methoxy groups -OCH3 is 1. The maximum Gasteiger partial charge on any atom is 0.340 e. The number of rotatable bonds is 7. The van der Waals surface area contributed by atoms with Gasteiger partial charge in [0, 0.05) is 22.1 Å². The number of benzene rings is 3. The zero-order valence-electron chi connectivity index (χ0n) is 14.5. The number of carbonyl (C=O) groups is 1. The minimum Gasteiger partial charge on any atom is -0.493 e. The van der Waals surface area contributed by atoms with E-state index in [-0.39, 0.29) is 5.97 Å². The third-order valence-corrected chi connectivity index (χ3v) is 4.52. The van der Waals surface area contributed by atoms with Crippen molar-refractivity contribution < 1.29 is 14.3 Å². The molecule has 0 heterocycles. The van der Waals surface area contributed by atoms with Gasteiger partial charge in [-0.25, -0.2) is 4.79 Å². The average Bonchev–Trinajstić information content (AvgIpc) is 2.68. The van der Waals surface area contributed by atoms with E-state index in [1.807, 2.05) is 36.4 Å². The minimum atomic E-state index is -0.360. The Hall–Kier alpha value is -2.53. The standard InChI is InChI=1S/C21H20BrNO3/c1-25-21(24)18-14-16(22)10-11-19(18)23-12-5-13-26-20-9-4-7-15-6-2-3-8-17(15)20/h2-4,6-11,14,23H,5,12-13H2,1H3. The highest BCUT2D eigenvalue weighted by molar-refractivity contribution is 9.10.